The maximum absolute atomic E-state index is 12.1. The van der Waals surface area contributed by atoms with Crippen molar-refractivity contribution in [2.45, 2.75) is 26.3 Å². The third-order valence-corrected chi connectivity index (χ3v) is 5.14. The van der Waals surface area contributed by atoms with Crippen molar-refractivity contribution >= 4 is 11.6 Å². The summed E-state index contributed by atoms with van der Waals surface area (Å²) < 4.78 is 5.74. The zero-order valence-electron chi connectivity index (χ0n) is 17.0. The van der Waals surface area contributed by atoms with E-state index in [0.29, 0.717) is 19.4 Å². The lowest BCUT2D eigenvalue weighted by atomic mass is 10.1. The zero-order valence-corrected chi connectivity index (χ0v) is 17.0. The van der Waals surface area contributed by atoms with Crippen molar-refractivity contribution < 1.29 is 9.53 Å². The molecule has 150 valence electrons. The predicted molar refractivity (Wildman–Crippen MR) is 114 cm³/mol. The highest BCUT2D eigenvalue weighted by atomic mass is 16.5. The number of nitrogens with zero attached hydrogens (tertiary/aromatic N) is 2. The molecule has 1 N–H and O–H groups in total. The molecule has 28 heavy (non-hydrogen) atoms. The number of likely N-dealkylation sites (N-methyl/N-ethyl adjacent to an activating group) is 1. The quantitative estimate of drug-likeness (QED) is 0.711. The van der Waals surface area contributed by atoms with Crippen molar-refractivity contribution in [2.75, 3.05) is 45.2 Å². The van der Waals surface area contributed by atoms with E-state index in [1.165, 1.54) is 5.56 Å². The van der Waals surface area contributed by atoms with E-state index in [9.17, 15) is 4.79 Å². The van der Waals surface area contributed by atoms with Crippen molar-refractivity contribution in [3.63, 3.8) is 0 Å². The molecule has 0 saturated carbocycles. The van der Waals surface area contributed by atoms with Crippen LogP contribution in [0.2, 0.25) is 0 Å². The average molecular weight is 382 g/mol. The maximum Gasteiger partial charge on any atom is 0.224 e. The van der Waals surface area contributed by atoms with Crippen molar-refractivity contribution in [1.82, 2.24) is 9.80 Å². The molecule has 1 aliphatic rings. The summed E-state index contributed by atoms with van der Waals surface area (Å²) in [7, 11) is 2.17. The molecular weight excluding hydrogens is 350 g/mol. The highest BCUT2D eigenvalue weighted by molar-refractivity contribution is 5.90. The smallest absolute Gasteiger partial charge is 0.224 e. The number of amides is 1. The van der Waals surface area contributed by atoms with Gasteiger partial charge in [0, 0.05) is 44.8 Å². The molecule has 1 saturated heterocycles. The van der Waals surface area contributed by atoms with Gasteiger partial charge in [0.2, 0.25) is 5.91 Å². The van der Waals surface area contributed by atoms with E-state index in [1.54, 1.807) is 0 Å². The normalized spacial score (nSPS) is 15.4. The Morgan fingerprint density at radius 2 is 1.75 bits per heavy atom. The van der Waals surface area contributed by atoms with Gasteiger partial charge in [-0.1, -0.05) is 30.3 Å². The number of rotatable bonds is 8. The van der Waals surface area contributed by atoms with E-state index in [0.717, 1.165) is 49.7 Å². The number of benzene rings is 2. The third-order valence-electron chi connectivity index (χ3n) is 5.14. The van der Waals surface area contributed by atoms with Crippen LogP contribution in [-0.2, 0) is 11.3 Å². The van der Waals surface area contributed by atoms with Crippen LogP contribution in [0.5, 0.6) is 5.75 Å². The summed E-state index contributed by atoms with van der Waals surface area (Å²) in [5.41, 5.74) is 3.25. The Labute approximate surface area is 168 Å². The number of aryl methyl sites for hydroxylation is 1. The summed E-state index contributed by atoms with van der Waals surface area (Å²) in [6.07, 6.45) is 1.15. The van der Waals surface area contributed by atoms with Gasteiger partial charge in [0.1, 0.15) is 5.75 Å². The molecule has 5 heteroatoms. The van der Waals surface area contributed by atoms with Gasteiger partial charge in [-0.05, 0) is 49.7 Å². The SMILES string of the molecule is Cc1ccccc1OCCCC(=O)Nc1ccc(CN2CCN(C)CC2)cc1. The lowest BCUT2D eigenvalue weighted by molar-refractivity contribution is -0.116. The Kier molecular flexibility index (Phi) is 7.46. The molecule has 5 nitrogen and oxygen atoms in total. The summed E-state index contributed by atoms with van der Waals surface area (Å²) in [5.74, 6) is 0.916. The topological polar surface area (TPSA) is 44.8 Å². The van der Waals surface area contributed by atoms with Gasteiger partial charge < -0.3 is 15.0 Å². The first-order valence-electron chi connectivity index (χ1n) is 10.1. The van der Waals surface area contributed by atoms with Gasteiger partial charge in [-0.2, -0.15) is 0 Å². The molecule has 2 aromatic carbocycles. The van der Waals surface area contributed by atoms with Crippen molar-refractivity contribution in [3.8, 4) is 5.75 Å². The third kappa shape index (κ3) is 6.36. The summed E-state index contributed by atoms with van der Waals surface area (Å²) in [5, 5.41) is 2.97. The second-order valence-electron chi connectivity index (χ2n) is 7.54. The summed E-state index contributed by atoms with van der Waals surface area (Å²) in [6.45, 7) is 8.01. The van der Waals surface area contributed by atoms with Crippen LogP contribution >= 0.6 is 0 Å². The lowest BCUT2D eigenvalue weighted by Crippen LogP contribution is -2.43. The second kappa shape index (κ2) is 10.2. The van der Waals surface area contributed by atoms with E-state index in [-0.39, 0.29) is 5.91 Å². The highest BCUT2D eigenvalue weighted by Gasteiger charge is 2.13. The van der Waals surface area contributed by atoms with Gasteiger partial charge in [-0.25, -0.2) is 0 Å². The number of hydrogen-bond acceptors (Lipinski definition) is 4. The maximum atomic E-state index is 12.1. The first kappa shape index (κ1) is 20.4. The van der Waals surface area contributed by atoms with Gasteiger partial charge in [0.25, 0.3) is 0 Å². The first-order valence-corrected chi connectivity index (χ1v) is 10.1. The molecule has 1 heterocycles. The van der Waals surface area contributed by atoms with Crippen LogP contribution in [0, 0.1) is 6.92 Å². The Morgan fingerprint density at radius 3 is 2.46 bits per heavy atom. The predicted octanol–water partition coefficient (Wildman–Crippen LogP) is 3.54. The van der Waals surface area contributed by atoms with Crippen molar-refractivity contribution in [2.24, 2.45) is 0 Å². The van der Waals surface area contributed by atoms with Crippen LogP contribution in [0.1, 0.15) is 24.0 Å². The van der Waals surface area contributed by atoms with E-state index in [4.69, 9.17) is 4.74 Å². The molecule has 1 aliphatic heterocycles. The standard InChI is InChI=1S/C23H31N3O2/c1-19-6-3-4-7-22(19)28-17-5-8-23(27)24-21-11-9-20(10-12-21)18-26-15-13-25(2)14-16-26/h3-4,6-7,9-12H,5,8,13-18H2,1-2H3,(H,24,27). The minimum Gasteiger partial charge on any atom is -0.493 e. The Morgan fingerprint density at radius 1 is 1.04 bits per heavy atom. The van der Waals surface area contributed by atoms with Gasteiger partial charge >= 0.3 is 0 Å². The molecule has 0 radical (unpaired) electrons. The summed E-state index contributed by atoms with van der Waals surface area (Å²) in [4.78, 5) is 17.0. The minimum absolute atomic E-state index is 0.0280. The summed E-state index contributed by atoms with van der Waals surface area (Å²) in [6, 6.07) is 16.1. The van der Waals surface area contributed by atoms with Gasteiger partial charge in [-0.15, -0.1) is 0 Å². The van der Waals surface area contributed by atoms with Crippen LogP contribution in [0.3, 0.4) is 0 Å². The van der Waals surface area contributed by atoms with Gasteiger partial charge in [-0.3, -0.25) is 9.69 Å². The lowest BCUT2D eigenvalue weighted by Gasteiger charge is -2.32. The van der Waals surface area contributed by atoms with Crippen LogP contribution in [0.25, 0.3) is 0 Å². The van der Waals surface area contributed by atoms with Crippen LogP contribution in [0.15, 0.2) is 48.5 Å². The Balaban J connectivity index is 1.36. The molecule has 2 aromatic rings. The average Bonchev–Trinajstić information content (AvgIpc) is 2.70. The molecule has 1 fully saturated rings. The molecule has 0 spiro atoms. The molecule has 0 aromatic heterocycles. The first-order chi connectivity index (χ1) is 13.6. The van der Waals surface area contributed by atoms with E-state index < -0.39 is 0 Å². The number of piperazine rings is 1. The number of nitrogens with one attached hydrogen (secondary N) is 1. The van der Waals surface area contributed by atoms with E-state index in [1.807, 2.05) is 43.3 Å². The molecule has 0 unspecified atom stereocenters. The summed E-state index contributed by atoms with van der Waals surface area (Å²) >= 11 is 0. The van der Waals surface area contributed by atoms with E-state index >= 15 is 0 Å². The minimum atomic E-state index is 0.0280. The molecule has 1 amide bonds. The Bertz CT molecular complexity index is 753. The fourth-order valence-electron chi connectivity index (χ4n) is 3.31. The highest BCUT2D eigenvalue weighted by Crippen LogP contribution is 2.17. The molecular formula is C23H31N3O2. The number of anilines is 1. The monoisotopic (exact) mass is 381 g/mol. The Hall–Kier alpha value is -2.37. The molecule has 0 atom stereocenters. The number of carbonyl (C=O) groups is 1. The van der Waals surface area contributed by atoms with Crippen LogP contribution < -0.4 is 10.1 Å². The number of ether oxygens (including phenoxy) is 1. The number of para-hydroxylation sites is 1. The fraction of sp³-hybridized carbons (Fsp3) is 0.435. The fourth-order valence-corrected chi connectivity index (χ4v) is 3.31. The van der Waals surface area contributed by atoms with Gasteiger partial charge in [0.15, 0.2) is 0 Å². The van der Waals surface area contributed by atoms with E-state index in [2.05, 4.69) is 34.3 Å². The van der Waals surface area contributed by atoms with Gasteiger partial charge in [0.05, 0.1) is 6.61 Å². The molecule has 3 rings (SSSR count). The largest absolute Gasteiger partial charge is 0.493 e. The van der Waals surface area contributed by atoms with Crippen LogP contribution in [0.4, 0.5) is 5.69 Å². The molecule has 0 bridgehead atoms. The zero-order chi connectivity index (χ0) is 19.8. The number of carbonyl (C=O) groups excluding carboxylic acids is 1. The van der Waals surface area contributed by atoms with Crippen LogP contribution in [-0.4, -0.2) is 55.5 Å². The molecule has 0 aliphatic carbocycles. The van der Waals surface area contributed by atoms with Crippen molar-refractivity contribution in [1.29, 1.82) is 0 Å². The second-order valence-corrected chi connectivity index (χ2v) is 7.54. The van der Waals surface area contributed by atoms with Crippen molar-refractivity contribution in [3.05, 3.63) is 59.7 Å². The number of hydrogen-bond donors (Lipinski definition) is 1.